The number of carboxylic acid groups (broad SMARTS) is 1. The number of anilines is 1. The van der Waals surface area contributed by atoms with E-state index in [1.165, 1.54) is 0 Å². The molecule has 0 fully saturated rings. The third-order valence-corrected chi connectivity index (χ3v) is 7.27. The summed E-state index contributed by atoms with van der Waals surface area (Å²) in [4.78, 5) is 25.7. The lowest BCUT2D eigenvalue weighted by Crippen LogP contribution is -2.41. The molecule has 0 aliphatic heterocycles. The number of hydrogen-bond acceptors (Lipinski definition) is 10. The zero-order valence-electron chi connectivity index (χ0n) is 24.6. The van der Waals surface area contributed by atoms with E-state index in [4.69, 9.17) is 13.1 Å². The first kappa shape index (κ1) is 35.6. The summed E-state index contributed by atoms with van der Waals surface area (Å²) in [5.41, 5.74) is 1.29. The molecule has 0 aliphatic carbocycles. The second kappa shape index (κ2) is 14.5. The molecule has 0 saturated heterocycles. The first-order valence-electron chi connectivity index (χ1n) is 12.8. The molecule has 40 heavy (non-hydrogen) atoms. The molecule has 1 unspecified atom stereocenters. The number of hydrogen-bond donors (Lipinski definition) is 2. The van der Waals surface area contributed by atoms with Crippen LogP contribution in [0.3, 0.4) is 0 Å². The SMILES string of the molecule is Cc1ccc(N(CCOS(C)(=O)=O)CCOS(C)(=O)=O)cc1CC(C)(C)C(CNC(=O)OC(C)(C)C)CC(=O)O. The third-order valence-electron chi connectivity index (χ3n) is 6.08. The highest BCUT2D eigenvalue weighted by molar-refractivity contribution is 7.86. The van der Waals surface area contributed by atoms with E-state index in [1.807, 2.05) is 39.0 Å². The van der Waals surface area contributed by atoms with Crippen molar-refractivity contribution in [2.24, 2.45) is 11.3 Å². The Labute approximate surface area is 238 Å². The number of benzene rings is 1. The van der Waals surface area contributed by atoms with E-state index in [0.29, 0.717) is 12.1 Å². The molecule has 2 N–H and O–H groups in total. The van der Waals surface area contributed by atoms with Gasteiger partial charge in [-0.3, -0.25) is 13.2 Å². The van der Waals surface area contributed by atoms with Gasteiger partial charge in [-0.2, -0.15) is 16.8 Å². The fraction of sp³-hybridized carbons (Fsp3) is 0.692. The molecule has 1 amide bonds. The molecular weight excluding hydrogens is 564 g/mol. The van der Waals surface area contributed by atoms with E-state index < -0.39 is 49.2 Å². The molecule has 0 bridgehead atoms. The van der Waals surface area contributed by atoms with Gasteiger partial charge >= 0.3 is 12.1 Å². The fourth-order valence-electron chi connectivity index (χ4n) is 4.00. The molecule has 0 spiro atoms. The van der Waals surface area contributed by atoms with Gasteiger partial charge < -0.3 is 20.1 Å². The first-order chi connectivity index (χ1) is 18.1. The fourth-order valence-corrected chi connectivity index (χ4v) is 4.76. The highest BCUT2D eigenvalue weighted by atomic mass is 32.2. The standard InChI is InChI=1S/C26H44N2O10S2/c1-19-9-10-22(28(11-13-36-39(7,32)33)12-14-37-40(8,34)35)15-20(19)17-26(5,6)21(16-23(29)30)18-27-24(31)38-25(2,3)4/h9-10,15,21H,11-14,16-18H2,1-8H3,(H,27,31)(H,29,30). The van der Waals surface area contributed by atoms with Gasteiger partial charge in [-0.25, -0.2) is 4.79 Å². The van der Waals surface area contributed by atoms with Crippen LogP contribution in [0, 0.1) is 18.3 Å². The monoisotopic (exact) mass is 608 g/mol. The van der Waals surface area contributed by atoms with Crippen molar-refractivity contribution in [2.75, 3.05) is 50.3 Å². The Morgan fingerprint density at radius 1 is 0.975 bits per heavy atom. The zero-order valence-corrected chi connectivity index (χ0v) is 26.3. The minimum absolute atomic E-state index is 0.102. The Balaban J connectivity index is 3.20. The molecule has 1 rings (SSSR count). The lowest BCUT2D eigenvalue weighted by Gasteiger charge is -2.35. The summed E-state index contributed by atoms with van der Waals surface area (Å²) in [7, 11) is -7.33. The highest BCUT2D eigenvalue weighted by Crippen LogP contribution is 2.35. The summed E-state index contributed by atoms with van der Waals surface area (Å²) < 4.78 is 60.8. The average Bonchev–Trinajstić information content (AvgIpc) is 2.74. The maximum Gasteiger partial charge on any atom is 0.407 e. The van der Waals surface area contributed by atoms with Gasteiger partial charge in [0.15, 0.2) is 0 Å². The first-order valence-corrected chi connectivity index (χ1v) is 16.4. The molecular formula is C26H44N2O10S2. The minimum atomic E-state index is -3.67. The predicted molar refractivity (Wildman–Crippen MR) is 152 cm³/mol. The van der Waals surface area contributed by atoms with Crippen LogP contribution in [-0.4, -0.2) is 85.0 Å². The van der Waals surface area contributed by atoms with Gasteiger partial charge in [-0.1, -0.05) is 19.9 Å². The van der Waals surface area contributed by atoms with Gasteiger partial charge in [0.25, 0.3) is 20.2 Å². The van der Waals surface area contributed by atoms with E-state index in [9.17, 15) is 31.5 Å². The Morgan fingerprint density at radius 2 is 1.50 bits per heavy atom. The maximum atomic E-state index is 12.2. The predicted octanol–water partition coefficient (Wildman–Crippen LogP) is 2.94. The van der Waals surface area contributed by atoms with Crippen LogP contribution in [0.15, 0.2) is 18.2 Å². The van der Waals surface area contributed by atoms with Crippen LogP contribution < -0.4 is 10.2 Å². The molecule has 14 heteroatoms. The molecule has 1 aromatic rings. The molecule has 12 nitrogen and oxygen atoms in total. The van der Waals surface area contributed by atoms with E-state index in [1.54, 1.807) is 25.7 Å². The second-order valence-corrected chi connectivity index (χ2v) is 14.8. The van der Waals surface area contributed by atoms with Gasteiger partial charge in [0, 0.05) is 25.3 Å². The van der Waals surface area contributed by atoms with Crippen LogP contribution in [0.4, 0.5) is 10.5 Å². The molecule has 0 heterocycles. The van der Waals surface area contributed by atoms with Crippen molar-refractivity contribution in [1.82, 2.24) is 5.32 Å². The Hall–Kier alpha value is -2.42. The number of amides is 1. The topological polar surface area (TPSA) is 166 Å². The molecule has 1 aromatic carbocycles. The lowest BCUT2D eigenvalue weighted by molar-refractivity contribution is -0.139. The number of alkyl carbamates (subject to hydrolysis) is 1. The summed E-state index contributed by atoms with van der Waals surface area (Å²) in [6.07, 6.45) is 1.57. The Kier molecular flexibility index (Phi) is 12.9. The van der Waals surface area contributed by atoms with Crippen LogP contribution in [0.5, 0.6) is 0 Å². The van der Waals surface area contributed by atoms with Gasteiger partial charge in [-0.15, -0.1) is 0 Å². The number of nitrogens with one attached hydrogen (secondary N) is 1. The normalized spacial score (nSPS) is 13.5. The van der Waals surface area contributed by atoms with Crippen LogP contribution in [0.1, 0.15) is 52.2 Å². The summed E-state index contributed by atoms with van der Waals surface area (Å²) >= 11 is 0. The number of ether oxygens (including phenoxy) is 1. The van der Waals surface area contributed by atoms with Crippen molar-refractivity contribution in [3.05, 3.63) is 29.3 Å². The van der Waals surface area contributed by atoms with Crippen LogP contribution in [0.25, 0.3) is 0 Å². The van der Waals surface area contributed by atoms with Gasteiger partial charge in [-0.05, 0) is 68.7 Å². The van der Waals surface area contributed by atoms with E-state index >= 15 is 0 Å². The van der Waals surface area contributed by atoms with Crippen LogP contribution in [-0.2, 0) is 44.6 Å². The molecule has 1 atom stereocenters. The Bertz CT molecular complexity index is 1180. The molecule has 0 aliphatic rings. The van der Waals surface area contributed by atoms with Gasteiger partial charge in [0.2, 0.25) is 0 Å². The number of carbonyl (C=O) groups excluding carboxylic acids is 1. The van der Waals surface area contributed by atoms with Gasteiger partial charge in [0.1, 0.15) is 5.60 Å². The number of aliphatic carboxylic acids is 1. The summed E-state index contributed by atoms with van der Waals surface area (Å²) in [6, 6.07) is 5.61. The smallest absolute Gasteiger partial charge is 0.407 e. The molecule has 0 radical (unpaired) electrons. The number of nitrogens with zero attached hydrogens (tertiary/aromatic N) is 1. The second-order valence-electron chi connectivity index (χ2n) is 11.5. The zero-order chi connectivity index (χ0) is 30.9. The summed E-state index contributed by atoms with van der Waals surface area (Å²) in [5, 5.41) is 12.2. The minimum Gasteiger partial charge on any atom is -0.481 e. The van der Waals surface area contributed by atoms with Crippen molar-refractivity contribution < 1.29 is 44.6 Å². The number of rotatable bonds is 16. The number of carbonyl (C=O) groups is 2. The maximum absolute atomic E-state index is 12.2. The van der Waals surface area contributed by atoms with Crippen molar-refractivity contribution >= 4 is 38.0 Å². The Morgan fingerprint density at radius 3 is 1.95 bits per heavy atom. The van der Waals surface area contributed by atoms with Crippen molar-refractivity contribution in [3.63, 3.8) is 0 Å². The quantitative estimate of drug-likeness (QED) is 0.265. The van der Waals surface area contributed by atoms with E-state index in [2.05, 4.69) is 5.32 Å². The van der Waals surface area contributed by atoms with Crippen molar-refractivity contribution in [2.45, 2.75) is 60.0 Å². The van der Waals surface area contributed by atoms with E-state index in [0.717, 1.165) is 23.6 Å². The van der Waals surface area contributed by atoms with Gasteiger partial charge in [0.05, 0.1) is 32.1 Å². The summed E-state index contributed by atoms with van der Waals surface area (Å²) in [5.74, 6) is -1.42. The summed E-state index contributed by atoms with van der Waals surface area (Å²) in [6.45, 7) is 11.1. The van der Waals surface area contributed by atoms with Crippen molar-refractivity contribution in [1.29, 1.82) is 0 Å². The third kappa shape index (κ3) is 14.8. The lowest BCUT2D eigenvalue weighted by atomic mass is 9.72. The van der Waals surface area contributed by atoms with E-state index in [-0.39, 0.29) is 39.3 Å². The highest BCUT2D eigenvalue weighted by Gasteiger charge is 2.33. The molecule has 0 saturated carbocycles. The largest absolute Gasteiger partial charge is 0.481 e. The number of carboxylic acids is 1. The van der Waals surface area contributed by atoms with Crippen molar-refractivity contribution in [3.8, 4) is 0 Å². The molecule has 0 aromatic heterocycles. The molecule has 230 valence electrons. The van der Waals surface area contributed by atoms with Crippen LogP contribution >= 0.6 is 0 Å². The average molecular weight is 609 g/mol. The van der Waals surface area contributed by atoms with Crippen LogP contribution in [0.2, 0.25) is 0 Å². The number of aryl methyl sites for hydroxylation is 1.